The Kier molecular flexibility index (Phi) is 4.18. The number of morpholine rings is 1. The number of carbonyl (C=O) groups excluding carboxylic acids is 1. The molecule has 7 heteroatoms. The average molecular weight is 285 g/mol. The van der Waals surface area contributed by atoms with E-state index in [1.54, 1.807) is 4.90 Å². The molecule has 0 saturated carbocycles. The van der Waals surface area contributed by atoms with E-state index in [0.29, 0.717) is 18.0 Å². The smallest absolute Gasteiger partial charge is 0.345 e. The summed E-state index contributed by atoms with van der Waals surface area (Å²) in [6.07, 6.45) is -0.376. The molecule has 1 saturated heterocycles. The lowest BCUT2D eigenvalue weighted by Crippen LogP contribution is -2.51. The minimum Gasteiger partial charge on any atom is -0.477 e. The van der Waals surface area contributed by atoms with E-state index in [9.17, 15) is 9.59 Å². The van der Waals surface area contributed by atoms with Crippen LogP contribution < -0.4 is 0 Å². The summed E-state index contributed by atoms with van der Waals surface area (Å²) in [5.41, 5.74) is 0. The van der Waals surface area contributed by atoms with Crippen molar-refractivity contribution < 1.29 is 24.5 Å². The van der Waals surface area contributed by atoms with Crippen LogP contribution in [0.5, 0.6) is 0 Å². The van der Waals surface area contributed by atoms with Crippen molar-refractivity contribution in [1.29, 1.82) is 0 Å². The van der Waals surface area contributed by atoms with Crippen LogP contribution in [0.2, 0.25) is 0 Å². The SMILES string of the molecule is CC1COC(CO)CN1C(=O)c1ccc(C(=O)O)s1. The van der Waals surface area contributed by atoms with Gasteiger partial charge in [0.1, 0.15) is 4.88 Å². The van der Waals surface area contributed by atoms with Gasteiger partial charge in [0.15, 0.2) is 0 Å². The fraction of sp³-hybridized carbons (Fsp3) is 0.500. The summed E-state index contributed by atoms with van der Waals surface area (Å²) in [4.78, 5) is 25.3. The van der Waals surface area contributed by atoms with Gasteiger partial charge in [0.2, 0.25) is 0 Å². The van der Waals surface area contributed by atoms with E-state index in [1.165, 1.54) is 12.1 Å². The van der Waals surface area contributed by atoms with E-state index in [1.807, 2.05) is 6.92 Å². The van der Waals surface area contributed by atoms with E-state index in [-0.39, 0.29) is 29.5 Å². The molecule has 2 atom stereocenters. The predicted molar refractivity (Wildman–Crippen MR) is 68.6 cm³/mol. The van der Waals surface area contributed by atoms with Gasteiger partial charge in [0.05, 0.1) is 30.2 Å². The number of hydrogen-bond donors (Lipinski definition) is 2. The van der Waals surface area contributed by atoms with Crippen LogP contribution in [-0.4, -0.2) is 58.9 Å². The van der Waals surface area contributed by atoms with Crippen LogP contribution in [-0.2, 0) is 4.74 Å². The summed E-state index contributed by atoms with van der Waals surface area (Å²) >= 11 is 0.960. The van der Waals surface area contributed by atoms with E-state index in [4.69, 9.17) is 14.9 Å². The van der Waals surface area contributed by atoms with Crippen molar-refractivity contribution in [1.82, 2.24) is 4.90 Å². The highest BCUT2D eigenvalue weighted by atomic mass is 32.1. The molecule has 2 N–H and O–H groups in total. The van der Waals surface area contributed by atoms with Crippen molar-refractivity contribution in [2.45, 2.75) is 19.1 Å². The van der Waals surface area contributed by atoms with Gasteiger partial charge in [-0.25, -0.2) is 4.79 Å². The molecule has 1 aliphatic heterocycles. The minimum atomic E-state index is -1.03. The number of carboxylic acids is 1. The monoisotopic (exact) mass is 285 g/mol. The normalized spacial score (nSPS) is 23.4. The third kappa shape index (κ3) is 2.94. The van der Waals surface area contributed by atoms with Crippen LogP contribution in [0.1, 0.15) is 26.3 Å². The molecule has 1 aliphatic rings. The van der Waals surface area contributed by atoms with E-state index in [2.05, 4.69) is 0 Å². The Morgan fingerprint density at radius 2 is 2.16 bits per heavy atom. The summed E-state index contributed by atoms with van der Waals surface area (Å²) in [7, 11) is 0. The van der Waals surface area contributed by atoms with Gasteiger partial charge in [-0.2, -0.15) is 0 Å². The lowest BCUT2D eigenvalue weighted by atomic mass is 10.2. The second-order valence-electron chi connectivity index (χ2n) is 4.41. The van der Waals surface area contributed by atoms with Crippen molar-refractivity contribution in [3.63, 3.8) is 0 Å². The quantitative estimate of drug-likeness (QED) is 0.852. The van der Waals surface area contributed by atoms with Crippen LogP contribution >= 0.6 is 11.3 Å². The number of thiophene rings is 1. The topological polar surface area (TPSA) is 87.1 Å². The molecule has 1 fully saturated rings. The van der Waals surface area contributed by atoms with E-state index < -0.39 is 5.97 Å². The Bertz CT molecular complexity index is 486. The Balaban J connectivity index is 2.14. The van der Waals surface area contributed by atoms with Crippen LogP contribution in [0.25, 0.3) is 0 Å². The molecule has 0 aromatic carbocycles. The zero-order valence-electron chi connectivity index (χ0n) is 10.4. The molecule has 1 amide bonds. The molecule has 2 unspecified atom stereocenters. The number of carbonyl (C=O) groups is 2. The third-order valence-corrected chi connectivity index (χ3v) is 4.06. The van der Waals surface area contributed by atoms with Crippen molar-refractivity contribution in [3.05, 3.63) is 21.9 Å². The number of rotatable bonds is 3. The summed E-state index contributed by atoms with van der Waals surface area (Å²) < 4.78 is 5.36. The molecule has 0 bridgehead atoms. The Morgan fingerprint density at radius 3 is 2.74 bits per heavy atom. The van der Waals surface area contributed by atoms with Gasteiger partial charge in [0, 0.05) is 6.54 Å². The number of amides is 1. The van der Waals surface area contributed by atoms with Gasteiger partial charge in [-0.15, -0.1) is 11.3 Å². The summed E-state index contributed by atoms with van der Waals surface area (Å²) in [6, 6.07) is 2.85. The molecular weight excluding hydrogens is 270 g/mol. The maximum atomic E-state index is 12.3. The summed E-state index contributed by atoms with van der Waals surface area (Å²) in [5, 5.41) is 17.9. The molecule has 1 aromatic heterocycles. The molecule has 0 spiro atoms. The first-order valence-electron chi connectivity index (χ1n) is 5.89. The molecule has 19 heavy (non-hydrogen) atoms. The fourth-order valence-corrected chi connectivity index (χ4v) is 2.72. The van der Waals surface area contributed by atoms with Crippen LogP contribution in [0.3, 0.4) is 0 Å². The van der Waals surface area contributed by atoms with Crippen molar-refractivity contribution in [3.8, 4) is 0 Å². The number of carboxylic acid groups (broad SMARTS) is 1. The highest BCUT2D eigenvalue weighted by Gasteiger charge is 2.30. The van der Waals surface area contributed by atoms with Crippen LogP contribution in [0.15, 0.2) is 12.1 Å². The first-order valence-corrected chi connectivity index (χ1v) is 6.71. The second-order valence-corrected chi connectivity index (χ2v) is 5.50. The highest BCUT2D eigenvalue weighted by Crippen LogP contribution is 2.21. The molecule has 2 heterocycles. The highest BCUT2D eigenvalue weighted by molar-refractivity contribution is 7.15. The number of aliphatic hydroxyl groups excluding tert-OH is 1. The number of aliphatic hydroxyl groups is 1. The standard InChI is InChI=1S/C12H15NO5S/c1-7-6-18-8(5-14)4-13(7)11(15)9-2-3-10(19-9)12(16)17/h2-3,7-8,14H,4-6H2,1H3,(H,16,17). The van der Waals surface area contributed by atoms with Gasteiger partial charge in [-0.1, -0.05) is 0 Å². The van der Waals surface area contributed by atoms with Crippen molar-refractivity contribution >= 4 is 23.2 Å². The van der Waals surface area contributed by atoms with Gasteiger partial charge in [-0.3, -0.25) is 4.79 Å². The van der Waals surface area contributed by atoms with Crippen LogP contribution in [0.4, 0.5) is 0 Å². The zero-order chi connectivity index (χ0) is 14.0. The molecule has 0 radical (unpaired) electrons. The first kappa shape index (κ1) is 14.0. The Morgan fingerprint density at radius 1 is 1.47 bits per heavy atom. The number of hydrogen-bond acceptors (Lipinski definition) is 5. The Labute approximate surface area is 114 Å². The predicted octanol–water partition coefficient (Wildman–Crippen LogP) is 0.668. The van der Waals surface area contributed by atoms with Crippen LogP contribution in [0, 0.1) is 0 Å². The lowest BCUT2D eigenvalue weighted by molar-refractivity contribution is -0.0666. The van der Waals surface area contributed by atoms with Gasteiger partial charge in [-0.05, 0) is 19.1 Å². The molecule has 0 aliphatic carbocycles. The van der Waals surface area contributed by atoms with E-state index >= 15 is 0 Å². The number of nitrogens with zero attached hydrogens (tertiary/aromatic N) is 1. The van der Waals surface area contributed by atoms with Crippen molar-refractivity contribution in [2.24, 2.45) is 0 Å². The lowest BCUT2D eigenvalue weighted by Gasteiger charge is -2.37. The van der Waals surface area contributed by atoms with Gasteiger partial charge < -0.3 is 19.8 Å². The first-order chi connectivity index (χ1) is 9.02. The molecule has 1 aromatic rings. The summed E-state index contributed by atoms with van der Waals surface area (Å²) in [5.74, 6) is -1.25. The maximum absolute atomic E-state index is 12.3. The van der Waals surface area contributed by atoms with Gasteiger partial charge >= 0.3 is 5.97 Å². The average Bonchev–Trinajstić information content (AvgIpc) is 2.88. The largest absolute Gasteiger partial charge is 0.477 e. The maximum Gasteiger partial charge on any atom is 0.345 e. The second kappa shape index (κ2) is 5.68. The molecular formula is C12H15NO5S. The number of aromatic carboxylic acids is 1. The fourth-order valence-electron chi connectivity index (χ4n) is 1.92. The number of ether oxygens (including phenoxy) is 1. The molecule has 2 rings (SSSR count). The third-order valence-electron chi connectivity index (χ3n) is 3.00. The zero-order valence-corrected chi connectivity index (χ0v) is 11.2. The van der Waals surface area contributed by atoms with Gasteiger partial charge in [0.25, 0.3) is 5.91 Å². The molecule has 104 valence electrons. The van der Waals surface area contributed by atoms with E-state index in [0.717, 1.165) is 11.3 Å². The minimum absolute atomic E-state index is 0.0920. The summed E-state index contributed by atoms with van der Waals surface area (Å²) in [6.45, 7) is 2.41. The Hall–Kier alpha value is -1.44. The molecule has 6 nitrogen and oxygen atoms in total. The van der Waals surface area contributed by atoms with Crippen molar-refractivity contribution in [2.75, 3.05) is 19.8 Å².